The summed E-state index contributed by atoms with van der Waals surface area (Å²) in [6, 6.07) is 9.47. The number of carbonyl (C=O) groups is 3. The first-order chi connectivity index (χ1) is 14.3. The zero-order chi connectivity index (χ0) is 21.9. The third-order valence-corrected chi connectivity index (χ3v) is 5.03. The van der Waals surface area contributed by atoms with Crippen molar-refractivity contribution in [2.75, 3.05) is 26.1 Å². The molecule has 0 saturated carbocycles. The van der Waals surface area contributed by atoms with Crippen molar-refractivity contribution >= 4 is 23.5 Å². The number of hydrogen-bond donors (Lipinski definition) is 2. The van der Waals surface area contributed by atoms with Gasteiger partial charge in [0.2, 0.25) is 5.91 Å². The molecule has 0 spiro atoms. The average Bonchev–Trinajstić information content (AvgIpc) is 2.99. The average molecular weight is 415 g/mol. The molecule has 0 unspecified atom stereocenters. The van der Waals surface area contributed by atoms with Crippen LogP contribution in [0.3, 0.4) is 0 Å². The second-order valence-corrected chi connectivity index (χ2v) is 6.70. The molecule has 1 atom stereocenters. The van der Waals surface area contributed by atoms with Gasteiger partial charge in [0.1, 0.15) is 29.4 Å². The SMILES string of the molecule is CC[C@]1(c2ccc(F)cc2)NC(=O)N(CC(=O)Nc2ccc(OC)cc2OC)C1=O. The van der Waals surface area contributed by atoms with E-state index in [-0.39, 0.29) is 6.42 Å². The molecule has 0 radical (unpaired) electrons. The summed E-state index contributed by atoms with van der Waals surface area (Å²) in [4.78, 5) is 39.0. The Hall–Kier alpha value is -3.62. The number of rotatable bonds is 7. The summed E-state index contributed by atoms with van der Waals surface area (Å²) in [5.74, 6) is -0.682. The minimum atomic E-state index is -1.34. The van der Waals surface area contributed by atoms with Crippen molar-refractivity contribution in [2.24, 2.45) is 0 Å². The fourth-order valence-electron chi connectivity index (χ4n) is 3.38. The number of imide groups is 1. The molecule has 0 bridgehead atoms. The largest absolute Gasteiger partial charge is 0.497 e. The zero-order valence-electron chi connectivity index (χ0n) is 16.8. The summed E-state index contributed by atoms with van der Waals surface area (Å²) in [6.07, 6.45) is 0.244. The molecule has 0 aliphatic carbocycles. The molecule has 2 aromatic carbocycles. The molecule has 1 aliphatic rings. The fourth-order valence-corrected chi connectivity index (χ4v) is 3.38. The van der Waals surface area contributed by atoms with E-state index in [1.807, 2.05) is 0 Å². The van der Waals surface area contributed by atoms with Gasteiger partial charge in [0.25, 0.3) is 5.91 Å². The lowest BCUT2D eigenvalue weighted by molar-refractivity contribution is -0.134. The van der Waals surface area contributed by atoms with Gasteiger partial charge in [-0.3, -0.25) is 14.5 Å². The van der Waals surface area contributed by atoms with E-state index in [0.717, 1.165) is 4.90 Å². The molecular weight excluding hydrogens is 393 g/mol. The fraction of sp³-hybridized carbons (Fsp3) is 0.286. The Morgan fingerprint density at radius 3 is 2.43 bits per heavy atom. The number of methoxy groups -OCH3 is 2. The van der Waals surface area contributed by atoms with E-state index in [1.165, 1.54) is 38.5 Å². The predicted octanol–water partition coefficient (Wildman–Crippen LogP) is 2.64. The number of hydrogen-bond acceptors (Lipinski definition) is 5. The highest BCUT2D eigenvalue weighted by Crippen LogP contribution is 2.33. The first kappa shape index (κ1) is 21.1. The number of amides is 4. The maximum atomic E-state index is 13.3. The van der Waals surface area contributed by atoms with E-state index < -0.39 is 35.7 Å². The highest BCUT2D eigenvalue weighted by Gasteiger charge is 2.51. The van der Waals surface area contributed by atoms with Gasteiger partial charge in [0.15, 0.2) is 0 Å². The van der Waals surface area contributed by atoms with Crippen molar-refractivity contribution in [3.8, 4) is 11.5 Å². The number of urea groups is 1. The van der Waals surface area contributed by atoms with Crippen LogP contribution in [-0.2, 0) is 15.1 Å². The van der Waals surface area contributed by atoms with Gasteiger partial charge in [-0.1, -0.05) is 19.1 Å². The Morgan fingerprint density at radius 2 is 1.83 bits per heavy atom. The molecule has 1 saturated heterocycles. The third kappa shape index (κ3) is 3.78. The molecule has 4 amide bonds. The monoisotopic (exact) mass is 415 g/mol. The van der Waals surface area contributed by atoms with Crippen LogP contribution >= 0.6 is 0 Å². The van der Waals surface area contributed by atoms with Gasteiger partial charge >= 0.3 is 6.03 Å². The summed E-state index contributed by atoms with van der Waals surface area (Å²) in [7, 11) is 2.95. The van der Waals surface area contributed by atoms with E-state index in [9.17, 15) is 18.8 Å². The van der Waals surface area contributed by atoms with Crippen LogP contribution < -0.4 is 20.1 Å². The molecule has 158 valence electrons. The van der Waals surface area contributed by atoms with Crippen LogP contribution in [-0.4, -0.2) is 43.5 Å². The minimum absolute atomic E-state index is 0.244. The van der Waals surface area contributed by atoms with E-state index in [2.05, 4.69) is 10.6 Å². The summed E-state index contributed by atoms with van der Waals surface area (Å²) in [6.45, 7) is 1.25. The van der Waals surface area contributed by atoms with Crippen LogP contribution in [0.2, 0.25) is 0 Å². The molecule has 1 aliphatic heterocycles. The van der Waals surface area contributed by atoms with Crippen LogP contribution in [0.25, 0.3) is 0 Å². The molecule has 8 nitrogen and oxygen atoms in total. The molecule has 2 N–H and O–H groups in total. The van der Waals surface area contributed by atoms with Gasteiger partial charge in [0, 0.05) is 6.07 Å². The van der Waals surface area contributed by atoms with Gasteiger partial charge < -0.3 is 20.1 Å². The number of halogens is 1. The number of carbonyl (C=O) groups excluding carboxylic acids is 3. The van der Waals surface area contributed by atoms with Crippen LogP contribution in [0, 0.1) is 5.82 Å². The van der Waals surface area contributed by atoms with Crippen molar-refractivity contribution in [1.29, 1.82) is 0 Å². The normalized spacial score (nSPS) is 18.2. The number of anilines is 1. The van der Waals surface area contributed by atoms with Gasteiger partial charge in [-0.25, -0.2) is 9.18 Å². The maximum absolute atomic E-state index is 13.3. The van der Waals surface area contributed by atoms with Crippen molar-refractivity contribution in [2.45, 2.75) is 18.9 Å². The van der Waals surface area contributed by atoms with Crippen LogP contribution in [0.1, 0.15) is 18.9 Å². The van der Waals surface area contributed by atoms with E-state index >= 15 is 0 Å². The Balaban J connectivity index is 1.78. The number of nitrogens with one attached hydrogen (secondary N) is 2. The molecule has 0 aromatic heterocycles. The minimum Gasteiger partial charge on any atom is -0.497 e. The maximum Gasteiger partial charge on any atom is 0.325 e. The lowest BCUT2D eigenvalue weighted by Crippen LogP contribution is -2.44. The first-order valence-corrected chi connectivity index (χ1v) is 9.26. The Labute approximate surface area is 173 Å². The molecule has 30 heavy (non-hydrogen) atoms. The lowest BCUT2D eigenvalue weighted by Gasteiger charge is -2.25. The van der Waals surface area contributed by atoms with Crippen LogP contribution in [0.4, 0.5) is 14.9 Å². The smallest absolute Gasteiger partial charge is 0.325 e. The van der Waals surface area contributed by atoms with Crippen molar-refractivity contribution in [3.05, 3.63) is 53.8 Å². The van der Waals surface area contributed by atoms with E-state index in [4.69, 9.17) is 9.47 Å². The predicted molar refractivity (Wildman–Crippen MR) is 107 cm³/mol. The molecule has 9 heteroatoms. The quantitative estimate of drug-likeness (QED) is 0.678. The molecule has 1 heterocycles. The Bertz CT molecular complexity index is 979. The van der Waals surface area contributed by atoms with Crippen molar-refractivity contribution in [1.82, 2.24) is 10.2 Å². The van der Waals surface area contributed by atoms with Crippen molar-refractivity contribution in [3.63, 3.8) is 0 Å². The van der Waals surface area contributed by atoms with Crippen molar-refractivity contribution < 1.29 is 28.2 Å². The Kier molecular flexibility index (Phi) is 5.91. The molecule has 1 fully saturated rings. The third-order valence-electron chi connectivity index (χ3n) is 5.03. The van der Waals surface area contributed by atoms with Crippen LogP contribution in [0.5, 0.6) is 11.5 Å². The molecule has 2 aromatic rings. The van der Waals surface area contributed by atoms with Gasteiger partial charge in [-0.15, -0.1) is 0 Å². The summed E-state index contributed by atoms with van der Waals surface area (Å²) in [5.41, 5.74) is -0.525. The number of ether oxygens (including phenoxy) is 2. The highest BCUT2D eigenvalue weighted by molar-refractivity contribution is 6.10. The second kappa shape index (κ2) is 8.40. The topological polar surface area (TPSA) is 97.0 Å². The van der Waals surface area contributed by atoms with Gasteiger partial charge in [-0.2, -0.15) is 0 Å². The molecule has 3 rings (SSSR count). The Morgan fingerprint density at radius 1 is 1.13 bits per heavy atom. The highest BCUT2D eigenvalue weighted by atomic mass is 19.1. The second-order valence-electron chi connectivity index (χ2n) is 6.70. The van der Waals surface area contributed by atoms with Gasteiger partial charge in [-0.05, 0) is 36.2 Å². The summed E-state index contributed by atoms with van der Waals surface area (Å²) in [5, 5.41) is 5.28. The summed E-state index contributed by atoms with van der Waals surface area (Å²) >= 11 is 0. The van der Waals surface area contributed by atoms with E-state index in [0.29, 0.717) is 22.7 Å². The lowest BCUT2D eigenvalue weighted by atomic mass is 9.87. The standard InChI is InChI=1S/C21H22FN3O5/c1-4-21(13-5-7-14(22)8-6-13)19(27)25(20(28)24-21)12-18(26)23-16-10-9-15(29-2)11-17(16)30-3/h5-11H,4,12H2,1-3H3,(H,23,26)(H,24,28)/t21-/m1/s1. The zero-order valence-corrected chi connectivity index (χ0v) is 16.8. The van der Waals surface area contributed by atoms with Crippen LogP contribution in [0.15, 0.2) is 42.5 Å². The van der Waals surface area contributed by atoms with E-state index in [1.54, 1.807) is 25.1 Å². The summed E-state index contributed by atoms with van der Waals surface area (Å²) < 4.78 is 23.6. The first-order valence-electron chi connectivity index (χ1n) is 9.26. The number of nitrogens with zero attached hydrogens (tertiary/aromatic N) is 1. The molecular formula is C21H22FN3O5. The van der Waals surface area contributed by atoms with Gasteiger partial charge in [0.05, 0.1) is 19.9 Å². The number of benzene rings is 2.